The number of nitrogens with one attached hydrogen (secondary N) is 1. The molecule has 86 valence electrons. The molecule has 1 aliphatic rings. The Morgan fingerprint density at radius 3 is 2.69 bits per heavy atom. The van der Waals surface area contributed by atoms with Crippen LogP contribution in [0.3, 0.4) is 0 Å². The van der Waals surface area contributed by atoms with Gasteiger partial charge in [0.1, 0.15) is 0 Å². The van der Waals surface area contributed by atoms with Crippen LogP contribution < -0.4 is 10.2 Å². The van der Waals surface area contributed by atoms with Crippen molar-refractivity contribution in [2.24, 2.45) is 0 Å². The molecule has 0 aromatic heterocycles. The van der Waals surface area contributed by atoms with Crippen molar-refractivity contribution in [2.45, 2.75) is 12.8 Å². The van der Waals surface area contributed by atoms with Crippen LogP contribution in [-0.4, -0.2) is 24.7 Å². The van der Waals surface area contributed by atoms with Gasteiger partial charge in [-0.2, -0.15) is 0 Å². The predicted octanol–water partition coefficient (Wildman–Crippen LogP) is 1.74. The van der Waals surface area contributed by atoms with E-state index >= 15 is 0 Å². The molecule has 1 fully saturated rings. The molecule has 0 unspecified atom stereocenters. The first-order chi connectivity index (χ1) is 7.77. The third-order valence-electron chi connectivity index (χ3n) is 2.76. The first-order valence-corrected chi connectivity index (χ1v) is 5.47. The van der Waals surface area contributed by atoms with E-state index in [0.29, 0.717) is 0 Å². The zero-order valence-corrected chi connectivity index (χ0v) is 9.06. The fourth-order valence-corrected chi connectivity index (χ4v) is 1.85. The van der Waals surface area contributed by atoms with Gasteiger partial charge in [-0.15, -0.1) is 0 Å². The van der Waals surface area contributed by atoms with Gasteiger partial charge < -0.3 is 4.90 Å². The molecular weight excluding hydrogens is 206 g/mol. The van der Waals surface area contributed by atoms with Crippen LogP contribution in [0.15, 0.2) is 24.3 Å². The first kappa shape index (κ1) is 10.9. The van der Waals surface area contributed by atoms with Crippen LogP contribution in [0.25, 0.3) is 0 Å². The van der Waals surface area contributed by atoms with E-state index in [9.17, 15) is 10.1 Å². The smallest absolute Gasteiger partial charge is 0.269 e. The van der Waals surface area contributed by atoms with Crippen LogP contribution in [0, 0.1) is 10.1 Å². The minimum absolute atomic E-state index is 0.145. The number of non-ortho nitro benzene ring substituents is 1. The Morgan fingerprint density at radius 1 is 1.25 bits per heavy atom. The zero-order valence-electron chi connectivity index (χ0n) is 9.06. The predicted molar refractivity (Wildman–Crippen MR) is 62.5 cm³/mol. The molecule has 1 heterocycles. The quantitative estimate of drug-likeness (QED) is 0.610. The number of hydrogen-bond donors (Lipinski definition) is 1. The van der Waals surface area contributed by atoms with Crippen molar-refractivity contribution in [3.05, 3.63) is 34.4 Å². The van der Waals surface area contributed by atoms with Gasteiger partial charge in [-0.3, -0.25) is 15.4 Å². The molecule has 5 nitrogen and oxygen atoms in total. The van der Waals surface area contributed by atoms with E-state index < -0.39 is 0 Å². The summed E-state index contributed by atoms with van der Waals surface area (Å²) < 4.78 is 0. The van der Waals surface area contributed by atoms with Crippen molar-refractivity contribution < 1.29 is 4.92 Å². The Labute approximate surface area is 94.2 Å². The maximum Gasteiger partial charge on any atom is 0.269 e. The first-order valence-electron chi connectivity index (χ1n) is 5.47. The summed E-state index contributed by atoms with van der Waals surface area (Å²) in [6, 6.07) is 6.73. The molecule has 0 atom stereocenters. The molecule has 16 heavy (non-hydrogen) atoms. The van der Waals surface area contributed by atoms with Crippen LogP contribution in [0.4, 0.5) is 11.4 Å². The van der Waals surface area contributed by atoms with E-state index in [-0.39, 0.29) is 10.6 Å². The molecule has 2 rings (SSSR count). The van der Waals surface area contributed by atoms with E-state index in [1.165, 1.54) is 6.42 Å². The average molecular weight is 221 g/mol. The number of benzene rings is 1. The van der Waals surface area contributed by atoms with E-state index in [1.54, 1.807) is 12.1 Å². The van der Waals surface area contributed by atoms with E-state index in [1.807, 2.05) is 12.1 Å². The summed E-state index contributed by atoms with van der Waals surface area (Å²) in [5, 5.41) is 13.8. The Morgan fingerprint density at radius 2 is 2.00 bits per heavy atom. The number of nitrogens with zero attached hydrogens (tertiary/aromatic N) is 2. The zero-order chi connectivity index (χ0) is 11.4. The fraction of sp³-hybridized carbons (Fsp3) is 0.455. The molecule has 0 bridgehead atoms. The van der Waals surface area contributed by atoms with Crippen LogP contribution in [-0.2, 0) is 0 Å². The van der Waals surface area contributed by atoms with Crippen LogP contribution >= 0.6 is 0 Å². The lowest BCUT2D eigenvalue weighted by Gasteiger charge is -2.22. The second-order valence-electron chi connectivity index (χ2n) is 3.90. The van der Waals surface area contributed by atoms with Gasteiger partial charge in [-0.25, -0.2) is 0 Å². The van der Waals surface area contributed by atoms with Crippen LogP contribution in [0.5, 0.6) is 0 Å². The van der Waals surface area contributed by atoms with Crippen molar-refractivity contribution >= 4 is 11.4 Å². The molecule has 0 aliphatic carbocycles. The summed E-state index contributed by atoms with van der Waals surface area (Å²) in [6.45, 7) is 2.87. The molecule has 1 aromatic carbocycles. The Balaban J connectivity index is 2.10. The van der Waals surface area contributed by atoms with E-state index in [2.05, 4.69) is 10.2 Å². The van der Waals surface area contributed by atoms with Crippen LogP contribution in [0.1, 0.15) is 12.8 Å². The molecule has 5 heteroatoms. The lowest BCUT2D eigenvalue weighted by atomic mass is 10.2. The summed E-state index contributed by atoms with van der Waals surface area (Å²) in [4.78, 5) is 12.4. The van der Waals surface area contributed by atoms with Gasteiger partial charge in [0.15, 0.2) is 0 Å². The Hall–Kier alpha value is -1.62. The molecule has 1 aromatic rings. The van der Waals surface area contributed by atoms with Crippen molar-refractivity contribution in [3.8, 4) is 0 Å². The lowest BCUT2D eigenvalue weighted by Crippen LogP contribution is -2.32. The second kappa shape index (κ2) is 4.94. The standard InChI is InChI=1S/C11H15N3O2/c15-14(16)11-5-3-10(4-6-11)13-8-2-1-7-12-9-13/h3-6,12H,1-2,7-9H2. The topological polar surface area (TPSA) is 58.4 Å². The minimum atomic E-state index is -0.371. The highest BCUT2D eigenvalue weighted by Gasteiger charge is 2.10. The molecule has 0 spiro atoms. The highest BCUT2D eigenvalue weighted by atomic mass is 16.6. The number of anilines is 1. The monoisotopic (exact) mass is 221 g/mol. The van der Waals surface area contributed by atoms with Crippen LogP contribution in [0.2, 0.25) is 0 Å². The molecule has 1 aliphatic heterocycles. The van der Waals surface area contributed by atoms with Gasteiger partial charge in [-0.05, 0) is 31.5 Å². The molecule has 0 amide bonds. The summed E-state index contributed by atoms with van der Waals surface area (Å²) >= 11 is 0. The summed E-state index contributed by atoms with van der Waals surface area (Å²) in [5.41, 5.74) is 1.19. The SMILES string of the molecule is O=[N+]([O-])c1ccc(N2CCCCNC2)cc1. The van der Waals surface area contributed by atoms with Crippen molar-refractivity contribution in [2.75, 3.05) is 24.7 Å². The van der Waals surface area contributed by atoms with Crippen molar-refractivity contribution in [1.29, 1.82) is 0 Å². The minimum Gasteiger partial charge on any atom is -0.359 e. The average Bonchev–Trinajstić information content (AvgIpc) is 2.57. The largest absolute Gasteiger partial charge is 0.359 e. The maximum atomic E-state index is 10.5. The normalized spacial score (nSPS) is 16.9. The summed E-state index contributed by atoms with van der Waals surface area (Å²) in [6.07, 6.45) is 2.34. The number of nitro groups is 1. The highest BCUT2D eigenvalue weighted by Crippen LogP contribution is 2.19. The highest BCUT2D eigenvalue weighted by molar-refractivity contribution is 5.50. The number of nitro benzene ring substituents is 1. The Kier molecular flexibility index (Phi) is 3.36. The molecule has 0 radical (unpaired) electrons. The number of rotatable bonds is 2. The van der Waals surface area contributed by atoms with Crippen molar-refractivity contribution in [1.82, 2.24) is 5.32 Å². The molecule has 1 N–H and O–H groups in total. The number of hydrogen-bond acceptors (Lipinski definition) is 4. The van der Waals surface area contributed by atoms with Gasteiger partial charge in [0.2, 0.25) is 0 Å². The summed E-state index contributed by atoms with van der Waals surface area (Å²) in [7, 11) is 0. The lowest BCUT2D eigenvalue weighted by molar-refractivity contribution is -0.384. The van der Waals surface area contributed by atoms with Crippen molar-refractivity contribution in [3.63, 3.8) is 0 Å². The van der Waals surface area contributed by atoms with Gasteiger partial charge in [0.25, 0.3) is 5.69 Å². The third-order valence-corrected chi connectivity index (χ3v) is 2.76. The van der Waals surface area contributed by atoms with E-state index in [0.717, 1.165) is 31.9 Å². The van der Waals surface area contributed by atoms with Gasteiger partial charge in [0.05, 0.1) is 11.6 Å². The molecule has 0 saturated carbocycles. The van der Waals surface area contributed by atoms with E-state index in [4.69, 9.17) is 0 Å². The Bertz CT molecular complexity index is 356. The molecule has 1 saturated heterocycles. The summed E-state index contributed by atoms with van der Waals surface area (Å²) in [5.74, 6) is 0. The molecular formula is C11H15N3O2. The fourth-order valence-electron chi connectivity index (χ4n) is 1.85. The second-order valence-corrected chi connectivity index (χ2v) is 3.90. The van der Waals surface area contributed by atoms with Gasteiger partial charge in [-0.1, -0.05) is 0 Å². The maximum absolute atomic E-state index is 10.5. The van der Waals surface area contributed by atoms with Gasteiger partial charge in [0, 0.05) is 24.4 Å². The third kappa shape index (κ3) is 2.49. The van der Waals surface area contributed by atoms with Gasteiger partial charge >= 0.3 is 0 Å².